The standard InChI is InChI=1S/C18H22N6O4/c25-15-4-2-1-3-14(15)21-5-7-22(8-6-21)17-16(24(26)27)18(20-13-19-17)23-9-11-28-12-10-23/h1-4,13,25H,5-12H2. The maximum atomic E-state index is 11.9. The Morgan fingerprint density at radius 2 is 1.50 bits per heavy atom. The number of aromatic hydroxyl groups is 1. The van der Waals surface area contributed by atoms with Gasteiger partial charge in [-0.2, -0.15) is 0 Å². The smallest absolute Gasteiger partial charge is 0.353 e. The maximum Gasteiger partial charge on any atom is 0.353 e. The van der Waals surface area contributed by atoms with Crippen LogP contribution in [0, 0.1) is 10.1 Å². The van der Waals surface area contributed by atoms with Crippen LogP contribution in [0.1, 0.15) is 0 Å². The van der Waals surface area contributed by atoms with Gasteiger partial charge < -0.3 is 24.5 Å². The number of anilines is 3. The number of hydrogen-bond donors (Lipinski definition) is 1. The van der Waals surface area contributed by atoms with Crippen molar-refractivity contribution in [3.63, 3.8) is 0 Å². The third-order valence-corrected chi connectivity index (χ3v) is 5.08. The number of piperazine rings is 1. The summed E-state index contributed by atoms with van der Waals surface area (Å²) in [4.78, 5) is 25.8. The molecular formula is C18H22N6O4. The topological polar surface area (TPSA) is 108 Å². The van der Waals surface area contributed by atoms with Gasteiger partial charge in [0.1, 0.15) is 12.1 Å². The summed E-state index contributed by atoms with van der Waals surface area (Å²) in [6.45, 7) is 4.57. The zero-order chi connectivity index (χ0) is 19.5. The van der Waals surface area contributed by atoms with Crippen LogP contribution < -0.4 is 14.7 Å². The van der Waals surface area contributed by atoms with E-state index in [1.165, 1.54) is 6.33 Å². The molecule has 1 aromatic carbocycles. The van der Waals surface area contributed by atoms with Crippen LogP contribution in [0.2, 0.25) is 0 Å². The average Bonchev–Trinajstić information content (AvgIpc) is 2.74. The Morgan fingerprint density at radius 1 is 0.929 bits per heavy atom. The average molecular weight is 386 g/mol. The lowest BCUT2D eigenvalue weighted by atomic mass is 10.2. The molecule has 1 aromatic heterocycles. The first-order valence-electron chi connectivity index (χ1n) is 9.25. The number of benzene rings is 1. The zero-order valence-corrected chi connectivity index (χ0v) is 15.4. The molecular weight excluding hydrogens is 364 g/mol. The second-order valence-corrected chi connectivity index (χ2v) is 6.69. The second-order valence-electron chi connectivity index (χ2n) is 6.69. The molecule has 0 saturated carbocycles. The van der Waals surface area contributed by atoms with E-state index in [2.05, 4.69) is 14.9 Å². The molecule has 28 heavy (non-hydrogen) atoms. The van der Waals surface area contributed by atoms with Crippen molar-refractivity contribution in [1.29, 1.82) is 0 Å². The SMILES string of the molecule is O=[N+]([O-])c1c(N2CCOCC2)ncnc1N1CCN(c2ccccc2O)CC1. The van der Waals surface area contributed by atoms with Crippen molar-refractivity contribution in [1.82, 2.24) is 9.97 Å². The van der Waals surface area contributed by atoms with Crippen molar-refractivity contribution >= 4 is 23.0 Å². The zero-order valence-electron chi connectivity index (χ0n) is 15.4. The molecule has 4 rings (SSSR count). The number of aromatic nitrogens is 2. The van der Waals surface area contributed by atoms with Gasteiger partial charge in [0.05, 0.1) is 23.8 Å². The van der Waals surface area contributed by atoms with Crippen molar-refractivity contribution in [2.45, 2.75) is 0 Å². The lowest BCUT2D eigenvalue weighted by Crippen LogP contribution is -2.47. The highest BCUT2D eigenvalue weighted by molar-refractivity contribution is 5.72. The summed E-state index contributed by atoms with van der Waals surface area (Å²) in [5.74, 6) is 0.929. The second kappa shape index (κ2) is 7.85. The van der Waals surface area contributed by atoms with Crippen LogP contribution in [0.5, 0.6) is 5.75 Å². The van der Waals surface area contributed by atoms with Gasteiger partial charge in [-0.25, -0.2) is 9.97 Å². The van der Waals surface area contributed by atoms with E-state index in [0.29, 0.717) is 64.1 Å². The summed E-state index contributed by atoms with van der Waals surface area (Å²) in [7, 11) is 0. The molecule has 2 fully saturated rings. The van der Waals surface area contributed by atoms with E-state index < -0.39 is 4.92 Å². The van der Waals surface area contributed by atoms with E-state index in [4.69, 9.17) is 4.74 Å². The number of phenols is 1. The minimum Gasteiger partial charge on any atom is -0.506 e. The molecule has 3 heterocycles. The Hall–Kier alpha value is -3.14. The van der Waals surface area contributed by atoms with Crippen molar-refractivity contribution in [2.75, 3.05) is 67.2 Å². The molecule has 0 spiro atoms. The highest BCUT2D eigenvalue weighted by Gasteiger charge is 2.32. The number of morpholine rings is 1. The molecule has 0 bridgehead atoms. The molecule has 0 unspecified atom stereocenters. The largest absolute Gasteiger partial charge is 0.506 e. The molecule has 0 amide bonds. The summed E-state index contributed by atoms with van der Waals surface area (Å²) >= 11 is 0. The van der Waals surface area contributed by atoms with Gasteiger partial charge >= 0.3 is 5.69 Å². The third-order valence-electron chi connectivity index (χ3n) is 5.08. The Balaban J connectivity index is 1.56. The maximum absolute atomic E-state index is 11.9. The van der Waals surface area contributed by atoms with Crippen LogP contribution in [-0.2, 0) is 4.74 Å². The third kappa shape index (κ3) is 3.50. The summed E-state index contributed by atoms with van der Waals surface area (Å²) in [5, 5.41) is 21.9. The minimum atomic E-state index is -0.393. The van der Waals surface area contributed by atoms with E-state index in [9.17, 15) is 15.2 Å². The number of nitrogens with zero attached hydrogens (tertiary/aromatic N) is 6. The number of rotatable bonds is 4. The molecule has 0 radical (unpaired) electrons. The van der Waals surface area contributed by atoms with Crippen molar-refractivity contribution in [2.24, 2.45) is 0 Å². The van der Waals surface area contributed by atoms with E-state index in [-0.39, 0.29) is 11.4 Å². The van der Waals surface area contributed by atoms with Crippen LogP contribution in [0.15, 0.2) is 30.6 Å². The first-order chi connectivity index (χ1) is 13.6. The number of phenolic OH excluding ortho intramolecular Hbond substituents is 1. The Bertz CT molecular complexity index is 850. The molecule has 10 heteroatoms. The lowest BCUT2D eigenvalue weighted by Gasteiger charge is -2.37. The fraction of sp³-hybridized carbons (Fsp3) is 0.444. The highest BCUT2D eigenvalue weighted by Crippen LogP contribution is 2.35. The predicted molar refractivity (Wildman–Crippen MR) is 104 cm³/mol. The Labute approximate surface area is 162 Å². The fourth-order valence-electron chi connectivity index (χ4n) is 3.65. The molecule has 2 aliphatic heterocycles. The van der Waals surface area contributed by atoms with E-state index in [0.717, 1.165) is 5.69 Å². The molecule has 148 valence electrons. The molecule has 2 aromatic rings. The number of hydrogen-bond acceptors (Lipinski definition) is 9. The lowest BCUT2D eigenvalue weighted by molar-refractivity contribution is -0.383. The Kier molecular flexibility index (Phi) is 5.11. The monoisotopic (exact) mass is 386 g/mol. The minimum absolute atomic E-state index is 0.0552. The van der Waals surface area contributed by atoms with Crippen LogP contribution in [0.25, 0.3) is 0 Å². The normalized spacial score (nSPS) is 17.6. The number of para-hydroxylation sites is 2. The van der Waals surface area contributed by atoms with Crippen molar-refractivity contribution in [3.05, 3.63) is 40.7 Å². The van der Waals surface area contributed by atoms with E-state index in [1.807, 2.05) is 21.9 Å². The fourth-order valence-corrected chi connectivity index (χ4v) is 3.65. The molecule has 0 atom stereocenters. The summed E-state index contributed by atoms with van der Waals surface area (Å²) < 4.78 is 5.34. The Morgan fingerprint density at radius 3 is 2.11 bits per heavy atom. The number of ether oxygens (including phenoxy) is 1. The van der Waals surface area contributed by atoms with Crippen molar-refractivity contribution in [3.8, 4) is 5.75 Å². The van der Waals surface area contributed by atoms with Crippen LogP contribution in [-0.4, -0.2) is 72.5 Å². The van der Waals surface area contributed by atoms with Crippen LogP contribution >= 0.6 is 0 Å². The summed E-state index contributed by atoms with van der Waals surface area (Å²) in [5.41, 5.74) is 0.716. The molecule has 0 aliphatic carbocycles. The van der Waals surface area contributed by atoms with Gasteiger partial charge in [-0.1, -0.05) is 12.1 Å². The summed E-state index contributed by atoms with van der Waals surface area (Å²) in [6, 6.07) is 7.19. The van der Waals surface area contributed by atoms with Crippen LogP contribution in [0.4, 0.5) is 23.0 Å². The number of nitro groups is 1. The van der Waals surface area contributed by atoms with Gasteiger partial charge in [-0.3, -0.25) is 10.1 Å². The van der Waals surface area contributed by atoms with Gasteiger partial charge in [-0.05, 0) is 12.1 Å². The predicted octanol–water partition coefficient (Wildman–Crippen LogP) is 1.25. The van der Waals surface area contributed by atoms with Crippen LogP contribution in [0.3, 0.4) is 0 Å². The first-order valence-corrected chi connectivity index (χ1v) is 9.25. The van der Waals surface area contributed by atoms with E-state index in [1.54, 1.807) is 12.1 Å². The first kappa shape index (κ1) is 18.2. The molecule has 2 saturated heterocycles. The van der Waals surface area contributed by atoms with Gasteiger partial charge in [-0.15, -0.1) is 0 Å². The summed E-state index contributed by atoms with van der Waals surface area (Å²) in [6.07, 6.45) is 1.39. The van der Waals surface area contributed by atoms with E-state index >= 15 is 0 Å². The molecule has 2 aliphatic rings. The van der Waals surface area contributed by atoms with Crippen molar-refractivity contribution < 1.29 is 14.8 Å². The van der Waals surface area contributed by atoms with Gasteiger partial charge in [0, 0.05) is 39.3 Å². The highest BCUT2D eigenvalue weighted by atomic mass is 16.6. The molecule has 1 N–H and O–H groups in total. The van der Waals surface area contributed by atoms with Gasteiger partial charge in [0.25, 0.3) is 0 Å². The van der Waals surface area contributed by atoms with Gasteiger partial charge in [0.15, 0.2) is 0 Å². The molecule has 10 nitrogen and oxygen atoms in total. The van der Waals surface area contributed by atoms with Gasteiger partial charge in [0.2, 0.25) is 11.6 Å². The quantitative estimate of drug-likeness (QED) is 0.613.